The molecule has 0 heterocycles. The van der Waals surface area contributed by atoms with E-state index in [9.17, 15) is 4.79 Å². The summed E-state index contributed by atoms with van der Waals surface area (Å²) in [5, 5.41) is 24.6. The van der Waals surface area contributed by atoms with Crippen LogP contribution < -0.4 is 11.5 Å². The van der Waals surface area contributed by atoms with Gasteiger partial charge in [0.05, 0.1) is 0 Å². The van der Waals surface area contributed by atoms with E-state index in [1.54, 1.807) is 0 Å². The van der Waals surface area contributed by atoms with Gasteiger partial charge in [0.2, 0.25) is 0 Å². The Kier molecular flexibility index (Phi) is 6.78. The molecule has 0 saturated heterocycles. The Hall–Kier alpha value is -2.67. The largest absolute Gasteiger partial charge is 0.507 e. The minimum Gasteiger partial charge on any atom is -0.507 e. The molecule has 7 N–H and O–H groups in total. The van der Waals surface area contributed by atoms with Gasteiger partial charge in [0, 0.05) is 17.5 Å². The van der Waals surface area contributed by atoms with Gasteiger partial charge < -0.3 is 21.7 Å². The van der Waals surface area contributed by atoms with Crippen molar-refractivity contribution < 1.29 is 15.0 Å². The minimum absolute atomic E-state index is 0.140. The van der Waals surface area contributed by atoms with Crippen molar-refractivity contribution >= 4 is 28.6 Å². The summed E-state index contributed by atoms with van der Waals surface area (Å²) >= 11 is 1.35. The highest BCUT2D eigenvalue weighted by Gasteiger charge is 2.07. The minimum atomic E-state index is -1.16. The van der Waals surface area contributed by atoms with Gasteiger partial charge in [-0.2, -0.15) is 0 Å². The van der Waals surface area contributed by atoms with Gasteiger partial charge in [-0.05, 0) is 17.7 Å². The summed E-state index contributed by atoms with van der Waals surface area (Å²) in [6.45, 7) is 0. The maximum absolute atomic E-state index is 10.3. The molecule has 2 rings (SSSR count). The van der Waals surface area contributed by atoms with Gasteiger partial charge in [-0.1, -0.05) is 42.1 Å². The zero-order chi connectivity index (χ0) is 16.5. The van der Waals surface area contributed by atoms with Crippen LogP contribution in [0.5, 0.6) is 5.75 Å². The molecule has 0 amide bonds. The van der Waals surface area contributed by atoms with Crippen LogP contribution in [0.4, 0.5) is 5.69 Å². The molecule has 0 atom stereocenters. The smallest absolute Gasteiger partial charge is 0.339 e. The summed E-state index contributed by atoms with van der Waals surface area (Å²) in [5.74, 6) is -0.684. The van der Waals surface area contributed by atoms with Crippen LogP contribution in [0.3, 0.4) is 0 Å². The number of nitrogen functional groups attached to an aromatic ring is 1. The number of rotatable bonds is 3. The number of aromatic carboxylic acids is 1. The Balaban J connectivity index is 0.000000220. The second kappa shape index (κ2) is 8.58. The first kappa shape index (κ1) is 17.4. The molecule has 2 aromatic carbocycles. The molecule has 0 aliphatic heterocycles. The van der Waals surface area contributed by atoms with Crippen LogP contribution in [0.1, 0.15) is 15.9 Å². The van der Waals surface area contributed by atoms with E-state index in [0.29, 0.717) is 5.69 Å². The van der Waals surface area contributed by atoms with E-state index < -0.39 is 5.97 Å². The Morgan fingerprint density at radius 2 is 1.82 bits per heavy atom. The first-order valence-electron chi connectivity index (χ1n) is 6.22. The van der Waals surface area contributed by atoms with Crippen LogP contribution in [0, 0.1) is 5.41 Å². The van der Waals surface area contributed by atoms with Crippen molar-refractivity contribution in [1.82, 2.24) is 0 Å². The number of thioether (sulfide) groups is 1. The fourth-order valence-corrected chi connectivity index (χ4v) is 1.98. The monoisotopic (exact) mass is 319 g/mol. The number of hydrogen-bond donors (Lipinski definition) is 5. The predicted molar refractivity (Wildman–Crippen MR) is 89.1 cm³/mol. The van der Waals surface area contributed by atoms with E-state index >= 15 is 0 Å². The van der Waals surface area contributed by atoms with E-state index in [1.807, 2.05) is 30.3 Å². The summed E-state index contributed by atoms with van der Waals surface area (Å²) in [6, 6.07) is 13.9. The van der Waals surface area contributed by atoms with Crippen molar-refractivity contribution in [2.75, 3.05) is 5.73 Å². The molecule has 0 saturated carbocycles. The molecular weight excluding hydrogens is 302 g/mol. The Bertz CT molecular complexity index is 648. The lowest BCUT2D eigenvalue weighted by molar-refractivity contribution is 0.0694. The van der Waals surface area contributed by atoms with Crippen molar-refractivity contribution in [1.29, 1.82) is 5.41 Å². The molecule has 0 bridgehead atoms. The molecule has 0 aromatic heterocycles. The number of carbonyl (C=O) groups is 1. The lowest BCUT2D eigenvalue weighted by atomic mass is 10.2. The van der Waals surface area contributed by atoms with E-state index in [2.05, 4.69) is 0 Å². The summed E-state index contributed by atoms with van der Waals surface area (Å²) in [4.78, 5) is 10.3. The van der Waals surface area contributed by atoms with Gasteiger partial charge in [-0.15, -0.1) is 0 Å². The second-order valence-corrected chi connectivity index (χ2v) is 5.24. The van der Waals surface area contributed by atoms with Crippen LogP contribution in [-0.2, 0) is 5.75 Å². The molecule has 22 heavy (non-hydrogen) atoms. The maximum atomic E-state index is 10.3. The number of amidine groups is 1. The number of benzene rings is 2. The molecule has 7 heteroatoms. The highest BCUT2D eigenvalue weighted by atomic mass is 32.2. The van der Waals surface area contributed by atoms with E-state index in [4.69, 9.17) is 27.1 Å². The van der Waals surface area contributed by atoms with Crippen LogP contribution in [0.25, 0.3) is 0 Å². The topological polar surface area (TPSA) is 133 Å². The van der Waals surface area contributed by atoms with Gasteiger partial charge in [-0.3, -0.25) is 5.41 Å². The summed E-state index contributed by atoms with van der Waals surface area (Å²) < 4.78 is 0. The quantitative estimate of drug-likeness (QED) is 0.335. The van der Waals surface area contributed by atoms with Crippen molar-refractivity contribution in [2.45, 2.75) is 5.75 Å². The molecule has 6 nitrogen and oxygen atoms in total. The van der Waals surface area contributed by atoms with Crippen LogP contribution in [0.2, 0.25) is 0 Å². The molecule has 116 valence electrons. The summed E-state index contributed by atoms with van der Waals surface area (Å²) in [5.41, 5.74) is 11.9. The molecule has 0 radical (unpaired) electrons. The SMILES string of the molecule is N=C(N)SCc1ccccc1.Nc1ccc(C(=O)O)c(O)c1. The third kappa shape index (κ3) is 6.19. The number of carboxylic acids is 1. The summed E-state index contributed by atoms with van der Waals surface area (Å²) in [7, 11) is 0. The average molecular weight is 319 g/mol. The first-order valence-corrected chi connectivity index (χ1v) is 7.21. The van der Waals surface area contributed by atoms with E-state index in [-0.39, 0.29) is 16.5 Å². The highest BCUT2D eigenvalue weighted by molar-refractivity contribution is 8.13. The van der Waals surface area contributed by atoms with Gasteiger partial charge >= 0.3 is 5.97 Å². The Morgan fingerprint density at radius 1 is 1.18 bits per heavy atom. The molecular formula is C15H17N3O3S. The zero-order valence-corrected chi connectivity index (χ0v) is 12.5. The van der Waals surface area contributed by atoms with Crippen LogP contribution >= 0.6 is 11.8 Å². The first-order chi connectivity index (χ1) is 10.4. The highest BCUT2D eigenvalue weighted by Crippen LogP contribution is 2.19. The predicted octanol–water partition coefficient (Wildman–Crippen LogP) is 2.49. The Labute approximate surface area is 132 Å². The van der Waals surface area contributed by atoms with E-state index in [1.165, 1.54) is 35.5 Å². The summed E-state index contributed by atoms with van der Waals surface area (Å²) in [6.07, 6.45) is 0. The molecule has 0 aliphatic carbocycles. The van der Waals surface area contributed by atoms with Crippen LogP contribution in [0.15, 0.2) is 48.5 Å². The molecule has 0 fully saturated rings. The Morgan fingerprint density at radius 3 is 2.32 bits per heavy atom. The lowest BCUT2D eigenvalue weighted by Gasteiger charge is -1.98. The number of anilines is 1. The van der Waals surface area contributed by atoms with Crippen molar-refractivity contribution in [3.63, 3.8) is 0 Å². The van der Waals surface area contributed by atoms with Gasteiger partial charge in [0.15, 0.2) is 5.17 Å². The molecule has 0 spiro atoms. The van der Waals surface area contributed by atoms with Gasteiger partial charge in [0.25, 0.3) is 0 Å². The second-order valence-electron chi connectivity index (χ2n) is 4.22. The molecule has 0 unspecified atom stereocenters. The molecule has 2 aromatic rings. The fourth-order valence-electron chi connectivity index (χ4n) is 1.46. The average Bonchev–Trinajstić information content (AvgIpc) is 2.46. The molecule has 0 aliphatic rings. The number of phenols is 1. The number of nitrogens with two attached hydrogens (primary N) is 2. The van der Waals surface area contributed by atoms with Crippen molar-refractivity contribution in [3.8, 4) is 5.75 Å². The maximum Gasteiger partial charge on any atom is 0.339 e. The fraction of sp³-hybridized carbons (Fsp3) is 0.0667. The van der Waals surface area contributed by atoms with Crippen LogP contribution in [-0.4, -0.2) is 21.4 Å². The zero-order valence-electron chi connectivity index (χ0n) is 11.7. The third-order valence-corrected chi connectivity index (χ3v) is 3.28. The van der Waals surface area contributed by atoms with Crippen molar-refractivity contribution in [3.05, 3.63) is 59.7 Å². The van der Waals surface area contributed by atoms with Gasteiger partial charge in [-0.25, -0.2) is 4.79 Å². The number of nitrogens with one attached hydrogen (secondary N) is 1. The standard InChI is InChI=1S/C8H10N2S.C7H7NO3/c9-8(10)11-6-7-4-2-1-3-5-7;8-4-1-2-5(7(10)11)6(9)3-4/h1-5H,6H2,(H3,9,10);1-3,9H,8H2,(H,10,11). The normalized spacial score (nSPS) is 9.45. The third-order valence-electron chi connectivity index (χ3n) is 2.49. The lowest BCUT2D eigenvalue weighted by Crippen LogP contribution is -2.03. The van der Waals surface area contributed by atoms with Crippen molar-refractivity contribution in [2.24, 2.45) is 5.73 Å². The number of hydrogen-bond acceptors (Lipinski definition) is 5. The number of aromatic hydroxyl groups is 1. The van der Waals surface area contributed by atoms with Gasteiger partial charge in [0.1, 0.15) is 11.3 Å². The number of carboxylic acid groups (broad SMARTS) is 1. The van der Waals surface area contributed by atoms with E-state index in [0.717, 1.165) is 5.75 Å².